The van der Waals surface area contributed by atoms with Gasteiger partial charge in [-0.2, -0.15) is 0 Å². The second-order valence-electron chi connectivity index (χ2n) is 9.06. The van der Waals surface area contributed by atoms with E-state index in [0.29, 0.717) is 12.2 Å². The highest BCUT2D eigenvalue weighted by Crippen LogP contribution is 2.25. The number of furan rings is 1. The average Bonchev–Trinajstić information content (AvgIpc) is 3.37. The fourth-order valence-electron chi connectivity index (χ4n) is 5.06. The Balaban J connectivity index is 0.00000289. The Kier molecular flexibility index (Phi) is 11.1. The van der Waals surface area contributed by atoms with Crippen LogP contribution < -0.4 is 5.32 Å². The zero-order valence-electron chi connectivity index (χ0n) is 19.5. The van der Waals surface area contributed by atoms with Crippen molar-refractivity contribution in [3.63, 3.8) is 0 Å². The number of aliphatic imine (C=N–C) groups is 1. The summed E-state index contributed by atoms with van der Waals surface area (Å²) in [6.45, 7) is 6.69. The maximum absolute atomic E-state index is 6.18. The van der Waals surface area contributed by atoms with Crippen molar-refractivity contribution in [2.24, 2.45) is 4.99 Å². The molecule has 3 saturated heterocycles. The van der Waals surface area contributed by atoms with Crippen molar-refractivity contribution in [1.29, 1.82) is 0 Å². The summed E-state index contributed by atoms with van der Waals surface area (Å²) in [7, 11) is 1.88. The van der Waals surface area contributed by atoms with Gasteiger partial charge >= 0.3 is 0 Å². The lowest BCUT2D eigenvalue weighted by molar-refractivity contribution is -0.0721. The number of likely N-dealkylation sites (tertiary alicyclic amines) is 2. The summed E-state index contributed by atoms with van der Waals surface area (Å²) in [5, 5.41) is 3.64. The van der Waals surface area contributed by atoms with Crippen molar-refractivity contribution < 1.29 is 13.9 Å². The van der Waals surface area contributed by atoms with Gasteiger partial charge in [0.25, 0.3) is 0 Å². The Morgan fingerprint density at radius 3 is 2.59 bits per heavy atom. The van der Waals surface area contributed by atoms with Crippen LogP contribution in [0.2, 0.25) is 0 Å². The highest BCUT2D eigenvalue weighted by atomic mass is 127. The molecule has 1 aromatic heterocycles. The molecule has 4 heterocycles. The van der Waals surface area contributed by atoms with Crippen LogP contribution in [0.3, 0.4) is 0 Å². The third-order valence-electron chi connectivity index (χ3n) is 6.90. The lowest BCUT2D eigenvalue weighted by Gasteiger charge is -2.37. The molecule has 1 N–H and O–H groups in total. The number of piperidine rings is 2. The SMILES string of the molecule is CN=C(NCC(c1ccco1)N1CCCCC1)N1CCC(OCC2CCCCO2)CC1.I. The first kappa shape index (κ1) is 25.8. The lowest BCUT2D eigenvalue weighted by Crippen LogP contribution is -2.49. The lowest BCUT2D eigenvalue weighted by atomic mass is 10.1. The second kappa shape index (κ2) is 13.8. The zero-order chi connectivity index (χ0) is 21.3. The summed E-state index contributed by atoms with van der Waals surface area (Å²) in [4.78, 5) is 9.50. The molecule has 4 rings (SSSR count). The Bertz CT molecular complexity index is 652. The third kappa shape index (κ3) is 7.33. The molecule has 2 atom stereocenters. The predicted octanol–water partition coefficient (Wildman–Crippen LogP) is 4.05. The van der Waals surface area contributed by atoms with Crippen molar-refractivity contribution in [2.75, 3.05) is 53.0 Å². The Labute approximate surface area is 210 Å². The molecule has 32 heavy (non-hydrogen) atoms. The minimum absolute atomic E-state index is 0. The highest BCUT2D eigenvalue weighted by molar-refractivity contribution is 14.0. The van der Waals surface area contributed by atoms with E-state index in [9.17, 15) is 0 Å². The van der Waals surface area contributed by atoms with Gasteiger partial charge in [0.1, 0.15) is 5.76 Å². The van der Waals surface area contributed by atoms with Crippen molar-refractivity contribution in [1.82, 2.24) is 15.1 Å². The first-order valence-corrected chi connectivity index (χ1v) is 12.3. The molecule has 0 saturated carbocycles. The molecule has 3 aliphatic rings. The molecule has 182 valence electrons. The predicted molar refractivity (Wildman–Crippen MR) is 138 cm³/mol. The molecule has 0 aliphatic carbocycles. The normalized spacial score (nSPS) is 24.7. The Morgan fingerprint density at radius 2 is 1.94 bits per heavy atom. The number of halogens is 1. The van der Waals surface area contributed by atoms with Crippen molar-refractivity contribution in [3.8, 4) is 0 Å². The Morgan fingerprint density at radius 1 is 1.12 bits per heavy atom. The summed E-state index contributed by atoms with van der Waals surface area (Å²) in [6, 6.07) is 4.34. The zero-order valence-corrected chi connectivity index (χ0v) is 21.9. The molecular formula is C24H41IN4O3. The molecule has 2 unspecified atom stereocenters. The van der Waals surface area contributed by atoms with Crippen LogP contribution in [0.1, 0.15) is 63.2 Å². The van der Waals surface area contributed by atoms with Gasteiger partial charge in [0.05, 0.1) is 31.1 Å². The fraction of sp³-hybridized carbons (Fsp3) is 0.792. The first-order valence-electron chi connectivity index (χ1n) is 12.3. The summed E-state index contributed by atoms with van der Waals surface area (Å²) >= 11 is 0. The smallest absolute Gasteiger partial charge is 0.193 e. The topological polar surface area (TPSA) is 62.5 Å². The van der Waals surface area contributed by atoms with Gasteiger partial charge < -0.3 is 24.1 Å². The number of hydrogen-bond acceptors (Lipinski definition) is 5. The van der Waals surface area contributed by atoms with Gasteiger partial charge in [-0.3, -0.25) is 9.89 Å². The number of rotatable bonds is 7. The number of nitrogens with zero attached hydrogens (tertiary/aromatic N) is 3. The molecule has 0 spiro atoms. The number of nitrogens with one attached hydrogen (secondary N) is 1. The molecule has 8 heteroatoms. The van der Waals surface area contributed by atoms with Crippen LogP contribution in [0.5, 0.6) is 0 Å². The van der Waals surface area contributed by atoms with Crippen molar-refractivity contribution in [3.05, 3.63) is 24.2 Å². The standard InChI is InChI=1S/C24H40N4O3.HI/c1-25-24(26-18-22(23-9-7-17-30-23)27-12-4-2-5-13-27)28-14-10-20(11-15-28)31-19-21-8-3-6-16-29-21;/h7,9,17,20-22H,2-6,8,10-16,18-19H2,1H3,(H,25,26);1H. The summed E-state index contributed by atoms with van der Waals surface area (Å²) in [6.07, 6.45) is 12.0. The van der Waals surface area contributed by atoms with Gasteiger partial charge in [-0.25, -0.2) is 0 Å². The van der Waals surface area contributed by atoms with E-state index in [-0.39, 0.29) is 30.0 Å². The quantitative estimate of drug-likeness (QED) is 0.309. The maximum Gasteiger partial charge on any atom is 0.193 e. The van der Waals surface area contributed by atoms with Gasteiger partial charge in [0.15, 0.2) is 5.96 Å². The maximum atomic E-state index is 6.18. The molecule has 3 aliphatic heterocycles. The van der Waals surface area contributed by atoms with Crippen molar-refractivity contribution in [2.45, 2.75) is 69.6 Å². The number of ether oxygens (including phenoxy) is 2. The van der Waals surface area contributed by atoms with E-state index >= 15 is 0 Å². The van der Waals surface area contributed by atoms with E-state index in [0.717, 1.165) is 76.9 Å². The molecule has 0 aromatic carbocycles. The van der Waals surface area contributed by atoms with E-state index in [1.165, 1.54) is 32.1 Å². The highest BCUT2D eigenvalue weighted by Gasteiger charge is 2.27. The van der Waals surface area contributed by atoms with Gasteiger partial charge in [0.2, 0.25) is 0 Å². The summed E-state index contributed by atoms with van der Waals surface area (Å²) in [5.41, 5.74) is 0. The number of guanidine groups is 1. The van der Waals surface area contributed by atoms with Crippen LogP contribution >= 0.6 is 24.0 Å². The molecular weight excluding hydrogens is 519 g/mol. The summed E-state index contributed by atoms with van der Waals surface area (Å²) < 4.78 is 17.8. The minimum atomic E-state index is 0. The second-order valence-corrected chi connectivity index (χ2v) is 9.06. The van der Waals surface area contributed by atoms with Crippen LogP contribution in [-0.4, -0.2) is 81.0 Å². The van der Waals surface area contributed by atoms with Crippen LogP contribution in [-0.2, 0) is 9.47 Å². The minimum Gasteiger partial charge on any atom is -0.468 e. The fourth-order valence-corrected chi connectivity index (χ4v) is 5.06. The molecule has 7 nitrogen and oxygen atoms in total. The van der Waals surface area contributed by atoms with E-state index in [2.05, 4.69) is 26.2 Å². The average molecular weight is 561 g/mol. The van der Waals surface area contributed by atoms with Gasteiger partial charge in [-0.15, -0.1) is 24.0 Å². The molecule has 0 bridgehead atoms. The molecule has 1 aromatic rings. The van der Waals surface area contributed by atoms with E-state index in [1.807, 2.05) is 13.1 Å². The van der Waals surface area contributed by atoms with Crippen LogP contribution in [0.4, 0.5) is 0 Å². The number of hydrogen-bond donors (Lipinski definition) is 1. The van der Waals surface area contributed by atoms with E-state index < -0.39 is 0 Å². The largest absolute Gasteiger partial charge is 0.468 e. The Hall–Kier alpha value is -0.840. The monoisotopic (exact) mass is 560 g/mol. The van der Waals surface area contributed by atoms with Gasteiger partial charge in [-0.05, 0) is 70.2 Å². The molecule has 0 radical (unpaired) electrons. The van der Waals surface area contributed by atoms with Gasteiger partial charge in [0, 0.05) is 33.3 Å². The van der Waals surface area contributed by atoms with E-state index in [1.54, 1.807) is 6.26 Å². The molecule has 0 amide bonds. The first-order chi connectivity index (χ1) is 15.3. The van der Waals surface area contributed by atoms with Crippen LogP contribution in [0.25, 0.3) is 0 Å². The third-order valence-corrected chi connectivity index (χ3v) is 6.90. The van der Waals surface area contributed by atoms with E-state index in [4.69, 9.17) is 13.9 Å². The van der Waals surface area contributed by atoms with Gasteiger partial charge in [-0.1, -0.05) is 6.42 Å². The molecule has 3 fully saturated rings. The van der Waals surface area contributed by atoms with Crippen molar-refractivity contribution >= 4 is 29.9 Å². The van der Waals surface area contributed by atoms with Crippen LogP contribution in [0.15, 0.2) is 27.8 Å². The summed E-state index contributed by atoms with van der Waals surface area (Å²) in [5.74, 6) is 2.03. The van der Waals surface area contributed by atoms with Crippen LogP contribution in [0, 0.1) is 0 Å².